The quantitative estimate of drug-likeness (QED) is 0.104. The molecule has 0 saturated carbocycles. The third-order valence-corrected chi connectivity index (χ3v) is 8.41. The lowest BCUT2D eigenvalue weighted by atomic mass is 10.1. The lowest BCUT2D eigenvalue weighted by Crippen LogP contribution is -2.41. The number of anilines is 4. The van der Waals surface area contributed by atoms with Gasteiger partial charge in [-0.3, -0.25) is 15.0 Å². The fourth-order valence-electron chi connectivity index (χ4n) is 5.50. The molecule has 3 amide bonds. The molecular formula is C39H39F2N9O4. The number of nitrogens with zero attached hydrogens (tertiary/aromatic N) is 5. The first-order chi connectivity index (χ1) is 26.1. The fourth-order valence-corrected chi connectivity index (χ4v) is 5.50. The number of nitrogens with one attached hydrogen (secondary N) is 4. The molecule has 0 unspecified atom stereocenters. The summed E-state index contributed by atoms with van der Waals surface area (Å²) in [5, 5.41) is 15.5. The van der Waals surface area contributed by atoms with Crippen LogP contribution in [0.1, 0.15) is 46.9 Å². The van der Waals surface area contributed by atoms with E-state index in [0.717, 1.165) is 30.4 Å². The highest BCUT2D eigenvalue weighted by molar-refractivity contribution is 5.99. The zero-order chi connectivity index (χ0) is 38.2. The van der Waals surface area contributed by atoms with Gasteiger partial charge in [0.15, 0.2) is 11.6 Å². The molecule has 278 valence electrons. The van der Waals surface area contributed by atoms with Gasteiger partial charge in [0.1, 0.15) is 5.82 Å². The summed E-state index contributed by atoms with van der Waals surface area (Å²) in [6, 6.07) is 17.0. The van der Waals surface area contributed by atoms with Gasteiger partial charge in [-0.25, -0.2) is 18.9 Å². The Morgan fingerprint density at radius 2 is 1.78 bits per heavy atom. The number of aryl methyl sites for hydroxylation is 1. The van der Waals surface area contributed by atoms with E-state index < -0.39 is 29.1 Å². The Morgan fingerprint density at radius 1 is 1.00 bits per heavy atom. The summed E-state index contributed by atoms with van der Waals surface area (Å²) >= 11 is 0. The first-order valence-corrected chi connectivity index (χ1v) is 17.3. The molecule has 1 saturated heterocycles. The van der Waals surface area contributed by atoms with E-state index >= 15 is 8.78 Å². The monoisotopic (exact) mass is 735 g/mol. The van der Waals surface area contributed by atoms with Gasteiger partial charge in [-0.1, -0.05) is 37.5 Å². The second-order valence-electron chi connectivity index (χ2n) is 12.8. The highest BCUT2D eigenvalue weighted by Crippen LogP contribution is 2.30. The third-order valence-electron chi connectivity index (χ3n) is 8.41. The number of carbonyl (C=O) groups is 2. The van der Waals surface area contributed by atoms with Crippen LogP contribution in [0.5, 0.6) is 11.6 Å². The van der Waals surface area contributed by atoms with Crippen molar-refractivity contribution in [3.05, 3.63) is 107 Å². The fraction of sp³-hybridized carbons (Fsp3) is 0.256. The van der Waals surface area contributed by atoms with Crippen molar-refractivity contribution in [3.63, 3.8) is 0 Å². The molecule has 0 spiro atoms. The van der Waals surface area contributed by atoms with Gasteiger partial charge >= 0.3 is 6.03 Å². The van der Waals surface area contributed by atoms with Gasteiger partial charge in [0.25, 0.3) is 5.91 Å². The molecule has 3 heterocycles. The van der Waals surface area contributed by atoms with E-state index in [2.05, 4.69) is 47.2 Å². The second-order valence-corrected chi connectivity index (χ2v) is 12.8. The highest BCUT2D eigenvalue weighted by Gasteiger charge is 2.20. The van der Waals surface area contributed by atoms with Crippen molar-refractivity contribution in [2.75, 3.05) is 55.3 Å². The molecule has 0 atom stereocenters. The molecule has 13 nitrogen and oxygen atoms in total. The standard InChI is InChI=1S/C39H39F2N9O4/c1-5-26-20-27(37(51)42-14-15-49-16-18-53-19-17-49)22-28(21-26)44-38-43-13-12-34(47-38)54-32-11-10-30(35(40)36(32)41)45-39(52)46-33-23-31(24(2)3)48-50(33)29-8-6-25(4)7-9-29/h1,6-13,20-24H,14-19H2,2-4H3,(H,42,51)(H,43,44,47)(H2,45,46,52). The molecular weight excluding hydrogens is 696 g/mol. The Hall–Kier alpha value is -6.37. The van der Waals surface area contributed by atoms with Crippen LogP contribution in [-0.2, 0) is 4.74 Å². The second kappa shape index (κ2) is 17.0. The van der Waals surface area contributed by atoms with Gasteiger partial charge in [-0.2, -0.15) is 14.5 Å². The van der Waals surface area contributed by atoms with Gasteiger partial charge in [0.2, 0.25) is 17.6 Å². The lowest BCUT2D eigenvalue weighted by Gasteiger charge is -2.26. The maximum atomic E-state index is 15.3. The van der Waals surface area contributed by atoms with Crippen LogP contribution in [0.3, 0.4) is 0 Å². The van der Waals surface area contributed by atoms with Gasteiger partial charge in [0, 0.05) is 61.3 Å². The summed E-state index contributed by atoms with van der Waals surface area (Å²) in [5.41, 5.74) is 3.30. The van der Waals surface area contributed by atoms with Crippen molar-refractivity contribution >= 4 is 35.1 Å². The van der Waals surface area contributed by atoms with Crippen molar-refractivity contribution < 1.29 is 27.8 Å². The Labute approximate surface area is 311 Å². The molecule has 54 heavy (non-hydrogen) atoms. The predicted molar refractivity (Wildman–Crippen MR) is 201 cm³/mol. The number of ether oxygens (including phenoxy) is 2. The Morgan fingerprint density at radius 3 is 2.52 bits per heavy atom. The number of halogens is 2. The topological polar surface area (TPSA) is 148 Å². The van der Waals surface area contributed by atoms with Crippen LogP contribution in [0, 0.1) is 30.9 Å². The minimum atomic E-state index is -1.35. The highest BCUT2D eigenvalue weighted by atomic mass is 19.2. The van der Waals surface area contributed by atoms with E-state index in [1.807, 2.05) is 45.0 Å². The van der Waals surface area contributed by atoms with Crippen molar-refractivity contribution in [3.8, 4) is 29.7 Å². The maximum absolute atomic E-state index is 15.3. The van der Waals surface area contributed by atoms with Crippen molar-refractivity contribution in [2.45, 2.75) is 26.7 Å². The van der Waals surface area contributed by atoms with Crippen LogP contribution in [-0.4, -0.2) is 76.0 Å². The van der Waals surface area contributed by atoms with Crippen molar-refractivity contribution in [1.82, 2.24) is 30.0 Å². The number of morpholine rings is 1. The van der Waals surface area contributed by atoms with Crippen LogP contribution in [0.2, 0.25) is 0 Å². The number of urea groups is 1. The molecule has 1 aliphatic heterocycles. The number of amides is 3. The molecule has 0 bridgehead atoms. The zero-order valence-corrected chi connectivity index (χ0v) is 30.0. The number of hydrogen-bond acceptors (Lipinski definition) is 9. The molecule has 4 N–H and O–H groups in total. The molecule has 3 aromatic carbocycles. The summed E-state index contributed by atoms with van der Waals surface area (Å²) in [4.78, 5) is 36.6. The molecule has 1 aliphatic rings. The van der Waals surface area contributed by atoms with E-state index in [0.29, 0.717) is 54.6 Å². The summed E-state index contributed by atoms with van der Waals surface area (Å²) in [6.07, 6.45) is 7.01. The smallest absolute Gasteiger partial charge is 0.324 e. The van der Waals surface area contributed by atoms with Crippen molar-refractivity contribution in [1.29, 1.82) is 0 Å². The number of rotatable bonds is 12. The molecule has 0 aliphatic carbocycles. The largest absolute Gasteiger partial charge is 0.436 e. The number of carbonyl (C=O) groups excluding carboxylic acids is 2. The van der Waals surface area contributed by atoms with E-state index in [-0.39, 0.29) is 23.7 Å². The Balaban J connectivity index is 1.10. The summed E-state index contributed by atoms with van der Waals surface area (Å²) in [6.45, 7) is 10.00. The number of hydrogen-bond donors (Lipinski definition) is 4. The summed E-state index contributed by atoms with van der Waals surface area (Å²) in [7, 11) is 0. The van der Waals surface area contributed by atoms with Crippen LogP contribution in [0.4, 0.5) is 36.7 Å². The first kappa shape index (κ1) is 37.4. The average Bonchev–Trinajstić information content (AvgIpc) is 3.59. The maximum Gasteiger partial charge on any atom is 0.324 e. The first-order valence-electron chi connectivity index (χ1n) is 17.3. The van der Waals surface area contributed by atoms with E-state index in [1.165, 1.54) is 18.3 Å². The molecule has 5 aromatic rings. The lowest BCUT2D eigenvalue weighted by molar-refractivity contribution is 0.0383. The van der Waals surface area contributed by atoms with E-state index in [1.54, 1.807) is 28.9 Å². The molecule has 2 aromatic heterocycles. The predicted octanol–water partition coefficient (Wildman–Crippen LogP) is 6.60. The minimum absolute atomic E-state index is 0.0432. The number of terminal acetylenes is 1. The van der Waals surface area contributed by atoms with Gasteiger partial charge in [-0.15, -0.1) is 6.42 Å². The SMILES string of the molecule is C#Cc1cc(Nc2nccc(Oc3ccc(NC(=O)Nc4cc(C(C)C)nn4-c4ccc(C)cc4)c(F)c3F)n2)cc(C(=O)NCCN2CCOCC2)c1. The molecule has 0 radical (unpaired) electrons. The van der Waals surface area contributed by atoms with Gasteiger partial charge < -0.3 is 25.4 Å². The molecule has 1 fully saturated rings. The zero-order valence-electron chi connectivity index (χ0n) is 30.0. The van der Waals surface area contributed by atoms with E-state index in [4.69, 9.17) is 15.9 Å². The minimum Gasteiger partial charge on any atom is -0.436 e. The number of aromatic nitrogens is 4. The summed E-state index contributed by atoms with van der Waals surface area (Å²) in [5.74, 6) is -0.580. The normalized spacial score (nSPS) is 12.9. The van der Waals surface area contributed by atoms with Crippen LogP contribution in [0.25, 0.3) is 5.69 Å². The van der Waals surface area contributed by atoms with Crippen LogP contribution < -0.4 is 26.0 Å². The van der Waals surface area contributed by atoms with Gasteiger partial charge in [0.05, 0.1) is 30.3 Å². The average molecular weight is 736 g/mol. The van der Waals surface area contributed by atoms with E-state index in [9.17, 15) is 9.59 Å². The Kier molecular flexibility index (Phi) is 11.8. The third kappa shape index (κ3) is 9.34. The Bertz CT molecular complexity index is 2180. The number of benzene rings is 3. The van der Waals surface area contributed by atoms with Crippen molar-refractivity contribution in [2.24, 2.45) is 0 Å². The van der Waals surface area contributed by atoms with Crippen LogP contribution >= 0.6 is 0 Å². The molecule has 15 heteroatoms. The van der Waals surface area contributed by atoms with Crippen LogP contribution in [0.15, 0.2) is 72.9 Å². The summed E-state index contributed by atoms with van der Waals surface area (Å²) < 4.78 is 43.0. The molecule has 6 rings (SSSR count). The van der Waals surface area contributed by atoms with Gasteiger partial charge in [-0.05, 0) is 55.3 Å².